The minimum absolute atomic E-state index is 0.0259. The zero-order valence-corrected chi connectivity index (χ0v) is 17.3. The molecule has 1 saturated carbocycles. The van der Waals surface area contributed by atoms with Gasteiger partial charge in [0.15, 0.2) is 5.96 Å². The van der Waals surface area contributed by atoms with Gasteiger partial charge in [0.05, 0.1) is 12.1 Å². The molecule has 1 aliphatic carbocycles. The van der Waals surface area contributed by atoms with Crippen molar-refractivity contribution in [3.05, 3.63) is 0 Å². The summed E-state index contributed by atoms with van der Waals surface area (Å²) >= 11 is 0. The summed E-state index contributed by atoms with van der Waals surface area (Å²) in [4.78, 5) is 28.2. The highest BCUT2D eigenvalue weighted by Gasteiger charge is 2.40. The summed E-state index contributed by atoms with van der Waals surface area (Å²) in [5.74, 6) is -0.0321. The van der Waals surface area contributed by atoms with E-state index in [1.54, 1.807) is 0 Å². The number of hydrogen-bond acceptors (Lipinski definition) is 5. The van der Waals surface area contributed by atoms with Crippen LogP contribution in [-0.2, 0) is 9.59 Å². The number of carbonyl (C=O) groups excluding carboxylic acids is 1. The zero-order valence-electron chi connectivity index (χ0n) is 17.3. The van der Waals surface area contributed by atoms with E-state index in [2.05, 4.69) is 15.6 Å². The quantitative estimate of drug-likeness (QED) is 0.169. The van der Waals surface area contributed by atoms with Gasteiger partial charge in [-0.2, -0.15) is 0 Å². The van der Waals surface area contributed by atoms with Crippen LogP contribution < -0.4 is 22.1 Å². The topological polar surface area (TPSA) is 163 Å². The van der Waals surface area contributed by atoms with Crippen LogP contribution in [0.4, 0.5) is 0 Å². The van der Waals surface area contributed by atoms with Crippen LogP contribution >= 0.6 is 0 Å². The minimum Gasteiger partial charge on any atom is -0.480 e. The molecule has 0 spiro atoms. The molecule has 8 N–H and O–H groups in total. The van der Waals surface area contributed by atoms with Gasteiger partial charge < -0.3 is 32.3 Å². The van der Waals surface area contributed by atoms with Crippen LogP contribution in [0.25, 0.3) is 0 Å². The molecule has 166 valence electrons. The average molecular weight is 412 g/mol. The van der Waals surface area contributed by atoms with Gasteiger partial charge in [-0.15, -0.1) is 0 Å². The molecule has 2 unspecified atom stereocenters. The van der Waals surface area contributed by atoms with Crippen molar-refractivity contribution in [2.24, 2.45) is 34.2 Å². The molecule has 1 saturated heterocycles. The van der Waals surface area contributed by atoms with E-state index < -0.39 is 12.0 Å². The molecule has 1 aliphatic heterocycles. The first kappa shape index (κ1) is 23.4. The molecule has 29 heavy (non-hydrogen) atoms. The van der Waals surface area contributed by atoms with Gasteiger partial charge in [-0.05, 0) is 69.7 Å². The van der Waals surface area contributed by atoms with E-state index in [4.69, 9.17) is 11.5 Å². The molecule has 2 rings (SSSR count). The van der Waals surface area contributed by atoms with Crippen molar-refractivity contribution in [2.75, 3.05) is 13.1 Å². The normalized spacial score (nSPS) is 29.0. The largest absolute Gasteiger partial charge is 0.480 e. The lowest BCUT2D eigenvalue weighted by molar-refractivity contribution is -0.142. The van der Waals surface area contributed by atoms with Crippen LogP contribution in [-0.4, -0.2) is 59.3 Å². The van der Waals surface area contributed by atoms with Crippen molar-refractivity contribution in [1.29, 1.82) is 0 Å². The van der Waals surface area contributed by atoms with Gasteiger partial charge in [-0.1, -0.05) is 12.8 Å². The average Bonchev–Trinajstić information content (AvgIpc) is 3.13. The number of carboxylic acid groups (broad SMARTS) is 1. The van der Waals surface area contributed by atoms with Gasteiger partial charge in [0.2, 0.25) is 5.91 Å². The lowest BCUT2D eigenvalue weighted by Crippen LogP contribution is -2.51. The van der Waals surface area contributed by atoms with Crippen molar-refractivity contribution in [2.45, 2.75) is 76.5 Å². The van der Waals surface area contributed by atoms with Gasteiger partial charge >= 0.3 is 5.97 Å². The number of aliphatic carboxylic acids is 1. The molecule has 2 fully saturated rings. The molecule has 2 aliphatic rings. The second-order valence-corrected chi connectivity index (χ2v) is 8.60. The number of aliphatic hydroxyl groups excluding tert-OH is 1. The first-order valence-corrected chi connectivity index (χ1v) is 10.8. The van der Waals surface area contributed by atoms with Crippen LogP contribution in [0, 0.1) is 17.8 Å². The molecule has 9 heteroatoms. The van der Waals surface area contributed by atoms with E-state index in [9.17, 15) is 19.8 Å². The number of amides is 1. The Morgan fingerprint density at radius 2 is 1.90 bits per heavy atom. The highest BCUT2D eigenvalue weighted by molar-refractivity contribution is 5.87. The zero-order chi connectivity index (χ0) is 21.4. The molecule has 9 nitrogen and oxygen atoms in total. The fourth-order valence-corrected chi connectivity index (χ4v) is 4.88. The number of nitrogens with two attached hydrogens (primary N) is 2. The Morgan fingerprint density at radius 3 is 2.48 bits per heavy atom. The predicted octanol–water partition coefficient (Wildman–Crippen LogP) is 0.165. The Kier molecular flexibility index (Phi) is 9.16. The number of nitrogens with one attached hydrogen (secondary N) is 2. The molecular formula is C20H37N5O4. The second kappa shape index (κ2) is 11.3. The summed E-state index contributed by atoms with van der Waals surface area (Å²) in [7, 11) is 0. The summed E-state index contributed by atoms with van der Waals surface area (Å²) in [6.45, 7) is 2.95. The Morgan fingerprint density at radius 1 is 1.21 bits per heavy atom. The Bertz CT molecular complexity index is 571. The van der Waals surface area contributed by atoms with E-state index >= 15 is 0 Å². The van der Waals surface area contributed by atoms with E-state index in [-0.39, 0.29) is 36.4 Å². The second-order valence-electron chi connectivity index (χ2n) is 8.60. The number of carboxylic acids is 1. The number of aliphatic hydroxyl groups is 1. The van der Waals surface area contributed by atoms with Gasteiger partial charge in [0, 0.05) is 6.54 Å². The van der Waals surface area contributed by atoms with Crippen LogP contribution in [0.15, 0.2) is 4.99 Å². The first-order valence-electron chi connectivity index (χ1n) is 10.8. The monoisotopic (exact) mass is 411 g/mol. The highest BCUT2D eigenvalue weighted by Crippen LogP contribution is 2.39. The Labute approximate surface area is 172 Å². The SMILES string of the molecule is CC(O)CC1CCC(C2CCN[C@@H]2C(=O)N[C@@H](CCCN=C(N)N)C(=O)O)CC1. The smallest absolute Gasteiger partial charge is 0.326 e. The van der Waals surface area contributed by atoms with Crippen molar-refractivity contribution in [1.82, 2.24) is 10.6 Å². The van der Waals surface area contributed by atoms with Gasteiger partial charge in [-0.3, -0.25) is 9.79 Å². The molecule has 0 bridgehead atoms. The molecule has 1 heterocycles. The molecule has 4 atom stereocenters. The molecule has 0 aromatic rings. The standard InChI is InChI=1S/C20H37N5O4/c1-12(26)11-13-4-6-14(7-5-13)15-8-10-23-17(15)18(27)25-16(19(28)29)3-2-9-24-20(21)22/h12-17,23,26H,2-11H2,1H3,(H,25,27)(H,28,29)(H4,21,22,24)/t12?,13?,14?,15?,16-,17-/m0/s1. The number of aliphatic imine (C=N–C) groups is 1. The fraction of sp³-hybridized carbons (Fsp3) is 0.850. The van der Waals surface area contributed by atoms with Gasteiger partial charge in [0.1, 0.15) is 6.04 Å². The van der Waals surface area contributed by atoms with Gasteiger partial charge in [-0.25, -0.2) is 4.79 Å². The third-order valence-electron chi connectivity index (χ3n) is 6.28. The van der Waals surface area contributed by atoms with Crippen molar-refractivity contribution in [3.63, 3.8) is 0 Å². The third-order valence-corrected chi connectivity index (χ3v) is 6.28. The van der Waals surface area contributed by atoms with E-state index in [1.807, 2.05) is 6.92 Å². The Balaban J connectivity index is 1.86. The molecule has 0 aromatic carbocycles. The maximum atomic E-state index is 12.8. The van der Waals surface area contributed by atoms with E-state index in [0.717, 1.165) is 45.1 Å². The van der Waals surface area contributed by atoms with Crippen molar-refractivity contribution in [3.8, 4) is 0 Å². The maximum absolute atomic E-state index is 12.8. The predicted molar refractivity (Wildman–Crippen MR) is 111 cm³/mol. The van der Waals surface area contributed by atoms with Crippen LogP contribution in [0.1, 0.15) is 58.3 Å². The number of rotatable bonds is 10. The number of hydrogen-bond donors (Lipinski definition) is 6. The fourth-order valence-electron chi connectivity index (χ4n) is 4.88. The van der Waals surface area contributed by atoms with Crippen LogP contribution in [0.2, 0.25) is 0 Å². The summed E-state index contributed by atoms with van der Waals surface area (Å²) in [5, 5.41) is 25.0. The highest BCUT2D eigenvalue weighted by atomic mass is 16.4. The third kappa shape index (κ3) is 7.47. The summed E-state index contributed by atoms with van der Waals surface area (Å²) < 4.78 is 0. The molecule has 0 aromatic heterocycles. The summed E-state index contributed by atoms with van der Waals surface area (Å²) in [6.07, 6.45) is 6.58. The van der Waals surface area contributed by atoms with Crippen molar-refractivity contribution >= 4 is 17.8 Å². The minimum atomic E-state index is -1.05. The summed E-state index contributed by atoms with van der Waals surface area (Å²) in [5.41, 5.74) is 10.5. The van der Waals surface area contributed by atoms with Gasteiger partial charge in [0.25, 0.3) is 0 Å². The molecule has 1 amide bonds. The van der Waals surface area contributed by atoms with Crippen LogP contribution in [0.3, 0.4) is 0 Å². The van der Waals surface area contributed by atoms with E-state index in [1.165, 1.54) is 0 Å². The summed E-state index contributed by atoms with van der Waals surface area (Å²) in [6, 6.07) is -1.28. The van der Waals surface area contributed by atoms with Crippen LogP contribution in [0.5, 0.6) is 0 Å². The van der Waals surface area contributed by atoms with E-state index in [0.29, 0.717) is 24.8 Å². The van der Waals surface area contributed by atoms with Crippen molar-refractivity contribution < 1.29 is 19.8 Å². The Hall–Kier alpha value is -1.87. The first-order chi connectivity index (χ1) is 13.8. The molecular weight excluding hydrogens is 374 g/mol. The molecule has 0 radical (unpaired) electrons. The lowest BCUT2D eigenvalue weighted by Gasteiger charge is -2.35. The number of nitrogens with zero attached hydrogens (tertiary/aromatic N) is 1. The number of carbonyl (C=O) groups is 2. The maximum Gasteiger partial charge on any atom is 0.326 e. The number of guanidine groups is 1. The lowest BCUT2D eigenvalue weighted by atomic mass is 9.72.